The molecule has 1 fully saturated rings. The molecule has 0 aliphatic carbocycles. The predicted molar refractivity (Wildman–Crippen MR) is 123 cm³/mol. The van der Waals surface area contributed by atoms with Gasteiger partial charge in [0.05, 0.1) is 6.54 Å². The Balaban J connectivity index is 0.00000784. The van der Waals surface area contributed by atoms with Gasteiger partial charge in [0, 0.05) is 46.4 Å². The van der Waals surface area contributed by atoms with Gasteiger partial charge in [-0.25, -0.2) is 0 Å². The van der Waals surface area contributed by atoms with Crippen LogP contribution in [0.5, 0.6) is 0 Å². The molecule has 174 valence electrons. The maximum absolute atomic E-state index is 12.4. The van der Waals surface area contributed by atoms with Gasteiger partial charge in [-0.05, 0) is 58.7 Å². The number of likely N-dealkylation sites (tertiary alicyclic amines) is 1. The third-order valence-electron chi connectivity index (χ3n) is 4.94. The number of hydrogen-bond acceptors (Lipinski definition) is 4. The van der Waals surface area contributed by atoms with Gasteiger partial charge in [0.1, 0.15) is 0 Å². The van der Waals surface area contributed by atoms with Gasteiger partial charge in [-0.15, -0.1) is 24.0 Å². The normalized spacial score (nSPS) is 16.7. The number of hydrogen-bond donors (Lipinski definition) is 2. The van der Waals surface area contributed by atoms with Crippen LogP contribution in [0.1, 0.15) is 32.6 Å². The lowest BCUT2D eigenvalue weighted by Gasteiger charge is -2.32. The lowest BCUT2D eigenvalue weighted by atomic mass is 9.93. The molecule has 1 aliphatic heterocycles. The summed E-state index contributed by atoms with van der Waals surface area (Å²) in [6, 6.07) is 0. The van der Waals surface area contributed by atoms with E-state index in [1.165, 1.54) is 4.90 Å². The van der Waals surface area contributed by atoms with Gasteiger partial charge in [-0.3, -0.25) is 9.89 Å². The van der Waals surface area contributed by atoms with Gasteiger partial charge in [-0.2, -0.15) is 13.2 Å². The minimum absolute atomic E-state index is 0. The minimum Gasteiger partial charge on any atom is -0.385 e. The van der Waals surface area contributed by atoms with Crippen molar-refractivity contribution in [3.63, 3.8) is 0 Å². The van der Waals surface area contributed by atoms with Gasteiger partial charge in [0.2, 0.25) is 0 Å². The molecule has 0 bridgehead atoms. The molecule has 1 heterocycles. The highest BCUT2D eigenvalue weighted by atomic mass is 127. The largest absolute Gasteiger partial charge is 0.401 e. The van der Waals surface area contributed by atoms with Crippen LogP contribution in [-0.4, -0.2) is 95.1 Å². The Kier molecular flexibility index (Phi) is 16.2. The third-order valence-corrected chi connectivity index (χ3v) is 4.94. The van der Waals surface area contributed by atoms with E-state index in [4.69, 9.17) is 4.74 Å². The second kappa shape index (κ2) is 16.4. The van der Waals surface area contributed by atoms with Crippen molar-refractivity contribution < 1.29 is 17.9 Å². The molecule has 0 aromatic heterocycles. The van der Waals surface area contributed by atoms with E-state index in [2.05, 4.69) is 27.6 Å². The molecule has 1 aliphatic rings. The molecule has 29 heavy (non-hydrogen) atoms. The van der Waals surface area contributed by atoms with Gasteiger partial charge in [0.15, 0.2) is 5.96 Å². The number of piperidine rings is 1. The number of methoxy groups -OCH3 is 1. The SMILES string of the molecule is CCNC(=NCCC1CCN(CC(F)(F)F)CC1)NCCN(C)CCCOC.I. The number of nitrogens with one attached hydrogen (secondary N) is 2. The Bertz CT molecular complexity index is 433. The van der Waals surface area contributed by atoms with E-state index in [-0.39, 0.29) is 24.0 Å². The van der Waals surface area contributed by atoms with E-state index in [0.717, 1.165) is 64.4 Å². The second-order valence-corrected chi connectivity index (χ2v) is 7.46. The fourth-order valence-corrected chi connectivity index (χ4v) is 3.34. The molecular formula is C19H39F3IN5O. The zero-order valence-electron chi connectivity index (χ0n) is 18.1. The molecule has 0 atom stereocenters. The Labute approximate surface area is 191 Å². The van der Waals surface area contributed by atoms with Crippen LogP contribution in [-0.2, 0) is 4.74 Å². The van der Waals surface area contributed by atoms with Crippen LogP contribution < -0.4 is 10.6 Å². The summed E-state index contributed by atoms with van der Waals surface area (Å²) in [6.07, 6.45) is -0.513. The van der Waals surface area contributed by atoms with E-state index in [1.54, 1.807) is 7.11 Å². The molecule has 0 unspecified atom stereocenters. The molecule has 6 nitrogen and oxygen atoms in total. The first-order valence-corrected chi connectivity index (χ1v) is 10.3. The summed E-state index contributed by atoms with van der Waals surface area (Å²) in [4.78, 5) is 8.38. The number of aliphatic imine (C=N–C) groups is 1. The second-order valence-electron chi connectivity index (χ2n) is 7.46. The van der Waals surface area contributed by atoms with E-state index in [9.17, 15) is 13.2 Å². The number of nitrogens with zero attached hydrogens (tertiary/aromatic N) is 3. The average molecular weight is 537 g/mol. The maximum Gasteiger partial charge on any atom is 0.401 e. The number of ether oxygens (including phenoxy) is 1. The lowest BCUT2D eigenvalue weighted by molar-refractivity contribution is -0.148. The molecule has 10 heteroatoms. The summed E-state index contributed by atoms with van der Waals surface area (Å²) in [5.74, 6) is 1.27. The monoisotopic (exact) mass is 537 g/mol. The summed E-state index contributed by atoms with van der Waals surface area (Å²) in [5, 5.41) is 6.59. The Hall–Kier alpha value is -0.330. The summed E-state index contributed by atoms with van der Waals surface area (Å²) >= 11 is 0. The minimum atomic E-state index is -4.10. The van der Waals surface area contributed by atoms with E-state index >= 15 is 0 Å². The highest BCUT2D eigenvalue weighted by molar-refractivity contribution is 14.0. The van der Waals surface area contributed by atoms with Gasteiger partial charge in [-0.1, -0.05) is 0 Å². The fraction of sp³-hybridized carbons (Fsp3) is 0.947. The molecule has 0 amide bonds. The first-order valence-electron chi connectivity index (χ1n) is 10.3. The van der Waals surface area contributed by atoms with Crippen LogP contribution >= 0.6 is 24.0 Å². The van der Waals surface area contributed by atoms with Crippen molar-refractivity contribution in [3.05, 3.63) is 0 Å². The summed E-state index contributed by atoms with van der Waals surface area (Å²) in [6.45, 7) is 7.30. The van der Waals surface area contributed by atoms with Crippen LogP contribution in [0.15, 0.2) is 4.99 Å². The highest BCUT2D eigenvalue weighted by Crippen LogP contribution is 2.24. The average Bonchev–Trinajstić information content (AvgIpc) is 2.62. The van der Waals surface area contributed by atoms with Crippen LogP contribution in [0, 0.1) is 5.92 Å². The van der Waals surface area contributed by atoms with Gasteiger partial charge in [0.25, 0.3) is 0 Å². The molecule has 1 rings (SSSR count). The number of likely N-dealkylation sites (N-methyl/N-ethyl adjacent to an activating group) is 1. The Morgan fingerprint density at radius 2 is 1.90 bits per heavy atom. The molecular weight excluding hydrogens is 498 g/mol. The quantitative estimate of drug-likeness (QED) is 0.174. The Morgan fingerprint density at radius 1 is 1.21 bits per heavy atom. The zero-order chi connectivity index (χ0) is 20.8. The standard InChI is InChI=1S/C19H38F3N5O.HI/c1-4-23-18(25-10-14-26(2)11-5-15-28-3)24-9-6-17-7-12-27(13-8-17)16-19(20,21)22;/h17H,4-16H2,1-3H3,(H2,23,24,25);1H. The van der Waals surface area contributed by atoms with E-state index in [0.29, 0.717) is 25.6 Å². The molecule has 2 N–H and O–H groups in total. The third kappa shape index (κ3) is 15.2. The van der Waals surface area contributed by atoms with Gasteiger partial charge < -0.3 is 20.3 Å². The fourth-order valence-electron chi connectivity index (χ4n) is 3.34. The molecule has 1 saturated heterocycles. The van der Waals surface area contributed by atoms with Crippen LogP contribution in [0.4, 0.5) is 13.2 Å². The number of rotatable bonds is 12. The van der Waals surface area contributed by atoms with Crippen molar-refractivity contribution in [2.45, 2.75) is 38.8 Å². The van der Waals surface area contributed by atoms with E-state index in [1.807, 2.05) is 6.92 Å². The number of guanidine groups is 1. The van der Waals surface area contributed by atoms with Crippen molar-refractivity contribution in [2.24, 2.45) is 10.9 Å². The highest BCUT2D eigenvalue weighted by Gasteiger charge is 2.32. The molecule has 0 aromatic carbocycles. The van der Waals surface area contributed by atoms with Crippen LogP contribution in [0.2, 0.25) is 0 Å². The smallest absolute Gasteiger partial charge is 0.385 e. The molecule has 0 radical (unpaired) electrons. The van der Waals surface area contributed by atoms with Crippen molar-refractivity contribution in [3.8, 4) is 0 Å². The first-order chi connectivity index (χ1) is 13.3. The topological polar surface area (TPSA) is 52.1 Å². The van der Waals surface area contributed by atoms with Crippen LogP contribution in [0.25, 0.3) is 0 Å². The summed E-state index contributed by atoms with van der Waals surface area (Å²) in [7, 11) is 3.80. The predicted octanol–water partition coefficient (Wildman–Crippen LogP) is 2.79. The zero-order valence-corrected chi connectivity index (χ0v) is 20.4. The van der Waals surface area contributed by atoms with Crippen molar-refractivity contribution in [1.82, 2.24) is 20.4 Å². The molecule has 0 saturated carbocycles. The first kappa shape index (κ1) is 28.7. The number of alkyl halides is 3. The maximum atomic E-state index is 12.4. The van der Waals surface area contributed by atoms with E-state index < -0.39 is 12.7 Å². The van der Waals surface area contributed by atoms with Crippen molar-refractivity contribution in [1.29, 1.82) is 0 Å². The number of halogens is 4. The van der Waals surface area contributed by atoms with Crippen molar-refractivity contribution >= 4 is 29.9 Å². The molecule has 0 spiro atoms. The lowest BCUT2D eigenvalue weighted by Crippen LogP contribution is -2.41. The summed E-state index contributed by atoms with van der Waals surface area (Å²) < 4.78 is 42.4. The molecule has 0 aromatic rings. The van der Waals surface area contributed by atoms with Crippen molar-refractivity contribution in [2.75, 3.05) is 73.1 Å². The van der Waals surface area contributed by atoms with Gasteiger partial charge >= 0.3 is 6.18 Å². The summed E-state index contributed by atoms with van der Waals surface area (Å²) in [5.41, 5.74) is 0. The Morgan fingerprint density at radius 3 is 2.48 bits per heavy atom. The van der Waals surface area contributed by atoms with Crippen LogP contribution in [0.3, 0.4) is 0 Å².